The third kappa shape index (κ3) is 2.09. The first-order valence-corrected chi connectivity index (χ1v) is 9.79. The molecule has 1 aliphatic heterocycles. The largest absolute Gasteiger partial charge is 0.468 e. The summed E-state index contributed by atoms with van der Waals surface area (Å²) in [5, 5.41) is 0. The molecule has 0 radical (unpaired) electrons. The van der Waals surface area contributed by atoms with Crippen molar-refractivity contribution >= 4 is 17.6 Å². The van der Waals surface area contributed by atoms with Crippen molar-refractivity contribution < 1.29 is 18.7 Å². The molecule has 0 saturated heterocycles. The molecule has 5 heteroatoms. The predicted molar refractivity (Wildman–Crippen MR) is 111 cm³/mol. The van der Waals surface area contributed by atoms with Crippen LogP contribution in [0.25, 0.3) is 0 Å². The number of carbonyl (C=O) groups is 2. The molecule has 30 heavy (non-hydrogen) atoms. The summed E-state index contributed by atoms with van der Waals surface area (Å²) in [4.78, 5) is 28.7. The Morgan fingerprint density at radius 3 is 2.33 bits per heavy atom. The zero-order valence-electron chi connectivity index (χ0n) is 16.7. The standard InChI is InChI=1S/C25H20FNO3/c1-27-21-13-12-17(26)14-20(21)25(22(27)28)15-24(23(29)30-2,16-8-4-3-5-9-16)18-10-6-7-11-19(18)25/h3-14H,15H2,1-2H3. The van der Waals surface area contributed by atoms with Crippen molar-refractivity contribution in [3.8, 4) is 0 Å². The first kappa shape index (κ1) is 18.6. The number of anilines is 1. The van der Waals surface area contributed by atoms with E-state index in [1.165, 1.54) is 19.2 Å². The SMILES string of the molecule is COC(=O)C1(c2ccccc2)CC2(C(=O)N(C)c3ccc(F)cc32)c2ccccc21. The van der Waals surface area contributed by atoms with E-state index in [-0.39, 0.29) is 12.3 Å². The molecule has 1 amide bonds. The number of rotatable bonds is 2. The van der Waals surface area contributed by atoms with Crippen molar-refractivity contribution in [2.75, 3.05) is 19.1 Å². The molecule has 2 atom stereocenters. The number of amides is 1. The second-order valence-electron chi connectivity index (χ2n) is 7.92. The van der Waals surface area contributed by atoms with Crippen LogP contribution in [0.4, 0.5) is 10.1 Å². The van der Waals surface area contributed by atoms with Gasteiger partial charge in [0.05, 0.1) is 7.11 Å². The zero-order valence-corrected chi connectivity index (χ0v) is 16.7. The number of likely N-dealkylation sites (N-methyl/N-ethyl adjacent to an activating group) is 1. The van der Waals surface area contributed by atoms with Crippen LogP contribution in [0.2, 0.25) is 0 Å². The first-order valence-electron chi connectivity index (χ1n) is 9.79. The summed E-state index contributed by atoms with van der Waals surface area (Å²) in [6, 6.07) is 21.2. The van der Waals surface area contributed by atoms with Gasteiger partial charge in [0.15, 0.2) is 0 Å². The number of benzene rings is 3. The van der Waals surface area contributed by atoms with Gasteiger partial charge in [0, 0.05) is 12.7 Å². The van der Waals surface area contributed by atoms with Crippen molar-refractivity contribution in [1.29, 1.82) is 0 Å². The molecule has 5 rings (SSSR count). The molecule has 0 aromatic heterocycles. The molecule has 1 aliphatic carbocycles. The maximum absolute atomic E-state index is 14.3. The van der Waals surface area contributed by atoms with Crippen LogP contribution in [0, 0.1) is 5.82 Å². The molecule has 2 unspecified atom stereocenters. The lowest BCUT2D eigenvalue weighted by atomic mass is 9.70. The summed E-state index contributed by atoms with van der Waals surface area (Å²) in [6.45, 7) is 0. The van der Waals surface area contributed by atoms with E-state index >= 15 is 0 Å². The van der Waals surface area contributed by atoms with E-state index in [0.717, 1.165) is 16.7 Å². The van der Waals surface area contributed by atoms with Crippen LogP contribution >= 0.6 is 0 Å². The lowest BCUT2D eigenvalue weighted by molar-refractivity contribution is -0.146. The van der Waals surface area contributed by atoms with Crippen LogP contribution in [-0.4, -0.2) is 26.0 Å². The van der Waals surface area contributed by atoms with E-state index in [1.54, 1.807) is 18.0 Å². The van der Waals surface area contributed by atoms with Crippen LogP contribution in [0.3, 0.4) is 0 Å². The average molecular weight is 401 g/mol. The van der Waals surface area contributed by atoms with Crippen molar-refractivity contribution in [2.24, 2.45) is 0 Å². The Balaban J connectivity index is 1.89. The lowest BCUT2D eigenvalue weighted by Gasteiger charge is -2.30. The molecule has 2 aliphatic rings. The molecular weight excluding hydrogens is 381 g/mol. The number of hydrogen-bond donors (Lipinski definition) is 0. The highest BCUT2D eigenvalue weighted by Crippen LogP contribution is 2.60. The predicted octanol–water partition coefficient (Wildman–Crippen LogP) is 3.95. The number of carbonyl (C=O) groups excluding carboxylic acids is 2. The second kappa shape index (κ2) is 6.26. The van der Waals surface area contributed by atoms with Crippen LogP contribution in [0.15, 0.2) is 72.8 Å². The number of fused-ring (bicyclic) bond motifs is 4. The van der Waals surface area contributed by atoms with Crippen molar-refractivity contribution in [1.82, 2.24) is 0 Å². The maximum atomic E-state index is 14.3. The fourth-order valence-electron chi connectivity index (χ4n) is 5.35. The molecule has 4 nitrogen and oxygen atoms in total. The molecule has 0 N–H and O–H groups in total. The van der Waals surface area contributed by atoms with E-state index in [4.69, 9.17) is 4.74 Å². The van der Waals surface area contributed by atoms with E-state index in [2.05, 4.69) is 0 Å². The molecule has 1 spiro atoms. The van der Waals surface area contributed by atoms with Crippen molar-refractivity contribution in [3.05, 3.63) is 101 Å². The highest BCUT2D eigenvalue weighted by molar-refractivity contribution is 6.12. The number of esters is 1. The van der Waals surface area contributed by atoms with Gasteiger partial charge in [0.25, 0.3) is 0 Å². The van der Waals surface area contributed by atoms with Gasteiger partial charge in [-0.05, 0) is 46.9 Å². The van der Waals surface area contributed by atoms with E-state index in [1.807, 2.05) is 54.6 Å². The van der Waals surface area contributed by atoms with Gasteiger partial charge in [-0.2, -0.15) is 0 Å². The normalized spacial score (nSPS) is 24.1. The van der Waals surface area contributed by atoms with E-state index < -0.39 is 22.6 Å². The fourth-order valence-corrected chi connectivity index (χ4v) is 5.35. The fraction of sp³-hybridized carbons (Fsp3) is 0.200. The highest BCUT2D eigenvalue weighted by Gasteiger charge is 2.64. The smallest absolute Gasteiger partial charge is 0.320 e. The van der Waals surface area contributed by atoms with Crippen LogP contribution < -0.4 is 4.90 Å². The van der Waals surface area contributed by atoms with Crippen LogP contribution in [-0.2, 0) is 25.2 Å². The Morgan fingerprint density at radius 1 is 0.967 bits per heavy atom. The van der Waals surface area contributed by atoms with Crippen molar-refractivity contribution in [3.63, 3.8) is 0 Å². The molecule has 0 saturated carbocycles. The minimum absolute atomic E-state index is 0.148. The molecule has 150 valence electrons. The van der Waals surface area contributed by atoms with Gasteiger partial charge in [-0.3, -0.25) is 9.59 Å². The summed E-state index contributed by atoms with van der Waals surface area (Å²) >= 11 is 0. The quantitative estimate of drug-likeness (QED) is 0.611. The van der Waals surface area contributed by atoms with Gasteiger partial charge in [0.2, 0.25) is 5.91 Å². The topological polar surface area (TPSA) is 46.6 Å². The molecule has 0 fully saturated rings. The summed E-state index contributed by atoms with van der Waals surface area (Å²) < 4.78 is 19.6. The van der Waals surface area contributed by atoms with Crippen LogP contribution in [0.1, 0.15) is 28.7 Å². The second-order valence-corrected chi connectivity index (χ2v) is 7.92. The first-order chi connectivity index (χ1) is 14.5. The Labute approximate surface area is 173 Å². The summed E-state index contributed by atoms with van der Waals surface area (Å²) in [5.41, 5.74) is 1.11. The van der Waals surface area contributed by atoms with Crippen molar-refractivity contribution in [2.45, 2.75) is 17.3 Å². The highest BCUT2D eigenvalue weighted by atomic mass is 19.1. The van der Waals surface area contributed by atoms with E-state index in [9.17, 15) is 14.0 Å². The summed E-state index contributed by atoms with van der Waals surface area (Å²) in [5.74, 6) is -1.01. The Kier molecular flexibility index (Phi) is 3.87. The minimum atomic E-state index is -1.17. The number of hydrogen-bond acceptors (Lipinski definition) is 3. The van der Waals surface area contributed by atoms with Gasteiger partial charge >= 0.3 is 5.97 Å². The number of ether oxygens (including phenoxy) is 1. The molecule has 3 aromatic rings. The maximum Gasteiger partial charge on any atom is 0.320 e. The monoisotopic (exact) mass is 401 g/mol. The Hall–Kier alpha value is -3.47. The molecule has 1 heterocycles. The Bertz CT molecular complexity index is 1190. The van der Waals surface area contributed by atoms with Gasteiger partial charge in [-0.15, -0.1) is 0 Å². The van der Waals surface area contributed by atoms with Gasteiger partial charge < -0.3 is 9.64 Å². The van der Waals surface area contributed by atoms with Gasteiger partial charge in [-0.1, -0.05) is 54.6 Å². The van der Waals surface area contributed by atoms with Gasteiger partial charge in [0.1, 0.15) is 16.6 Å². The average Bonchev–Trinajstić information content (AvgIpc) is 3.21. The third-order valence-corrected chi connectivity index (χ3v) is 6.63. The summed E-state index contributed by atoms with van der Waals surface area (Å²) in [7, 11) is 3.05. The minimum Gasteiger partial charge on any atom is -0.468 e. The summed E-state index contributed by atoms with van der Waals surface area (Å²) in [6.07, 6.45) is 0.148. The number of methoxy groups -OCH3 is 1. The molecule has 3 aromatic carbocycles. The van der Waals surface area contributed by atoms with E-state index in [0.29, 0.717) is 11.3 Å². The molecular formula is C25H20FNO3. The third-order valence-electron chi connectivity index (χ3n) is 6.63. The Morgan fingerprint density at radius 2 is 1.63 bits per heavy atom. The number of halogens is 1. The van der Waals surface area contributed by atoms with Crippen LogP contribution in [0.5, 0.6) is 0 Å². The zero-order chi connectivity index (χ0) is 21.1. The molecule has 0 bridgehead atoms. The lowest BCUT2D eigenvalue weighted by Crippen LogP contribution is -2.43. The number of nitrogens with zero attached hydrogens (tertiary/aromatic N) is 1. The van der Waals surface area contributed by atoms with Gasteiger partial charge in [-0.25, -0.2) is 4.39 Å².